The monoisotopic (exact) mass is 926 g/mol. The molecule has 3 saturated heterocycles. The number of hydrogen-bond donors (Lipinski definition) is 4. The van der Waals surface area contributed by atoms with E-state index in [1.54, 1.807) is 31.3 Å². The van der Waals surface area contributed by atoms with E-state index in [-0.39, 0.29) is 64.7 Å². The van der Waals surface area contributed by atoms with E-state index >= 15 is 4.39 Å². The molecular formula is C48H53Cl2FN8O6. The number of hydrogen-bond acceptors (Lipinski definition) is 8. The second-order valence-electron chi connectivity index (χ2n) is 19.0. The van der Waals surface area contributed by atoms with E-state index in [0.717, 1.165) is 24.8 Å². The Kier molecular flexibility index (Phi) is 11.4. The lowest BCUT2D eigenvalue weighted by Crippen LogP contribution is -2.60. The number of anilines is 1. The number of carbonyl (C=O) groups is 5. The molecule has 2 saturated carbocycles. The van der Waals surface area contributed by atoms with E-state index in [9.17, 15) is 28.8 Å². The highest BCUT2D eigenvalue weighted by Crippen LogP contribution is 2.63. The third-order valence-electron chi connectivity index (χ3n) is 15.5. The number of nitrogens with one attached hydrogen (secondary N) is 4. The van der Waals surface area contributed by atoms with Crippen LogP contribution in [0.5, 0.6) is 0 Å². The van der Waals surface area contributed by atoms with Crippen molar-refractivity contribution in [2.45, 2.75) is 112 Å². The lowest BCUT2D eigenvalue weighted by Gasteiger charge is -2.47. The summed E-state index contributed by atoms with van der Waals surface area (Å²) in [4.78, 5) is 85.2. The molecule has 0 bridgehead atoms. The van der Waals surface area contributed by atoms with Gasteiger partial charge in [0.2, 0.25) is 29.5 Å². The Hall–Kier alpha value is -5.09. The molecule has 4 N–H and O–H groups in total. The molecule has 2 unspecified atom stereocenters. The number of piperidine rings is 1. The number of halogens is 3. The number of imidazole rings is 1. The standard InChI is InChI=1S/C48H53Cl2FN8O6/c1-56-37-24-27(8-15-35(37)59(46(56)65)36-16-17-38(60)54-42(36)61)26-57-20-22-58(23-21-57)44(63)28-9-12-30(13-10-28)52-43(62)41-39(31-6-5-7-33(50)40(31)51)48(47(55-41)18-3-2-4-19-47)32-14-11-29(49)25-34(32)53-45(48)64/h5-8,11,14-15,24-25,28,30,36,39,41,55H,2-4,9-10,12-13,16-23,26H2,1H3,(H,52,62)(H,53,64)(H,54,60,61)/t28-,30-,36?,39-,41?,48+/m0/s1. The predicted octanol–water partition coefficient (Wildman–Crippen LogP) is 5.43. The van der Waals surface area contributed by atoms with E-state index in [1.165, 1.54) is 15.2 Å². The molecule has 10 rings (SSSR count). The smallest absolute Gasteiger partial charge is 0.329 e. The summed E-state index contributed by atoms with van der Waals surface area (Å²) in [6.45, 7) is 3.18. The quantitative estimate of drug-likeness (QED) is 0.178. The van der Waals surface area contributed by atoms with E-state index in [4.69, 9.17) is 23.2 Å². The van der Waals surface area contributed by atoms with Gasteiger partial charge >= 0.3 is 5.69 Å². The van der Waals surface area contributed by atoms with Crippen LogP contribution < -0.4 is 27.0 Å². The van der Waals surface area contributed by atoms with Gasteiger partial charge in [0.25, 0.3) is 0 Å². The van der Waals surface area contributed by atoms with Gasteiger partial charge in [0.15, 0.2) is 0 Å². The van der Waals surface area contributed by atoms with Gasteiger partial charge in [0.1, 0.15) is 17.3 Å². The minimum atomic E-state index is -1.31. The fourth-order valence-corrected chi connectivity index (χ4v) is 12.7. The van der Waals surface area contributed by atoms with Crippen molar-refractivity contribution in [3.05, 3.63) is 97.6 Å². The van der Waals surface area contributed by atoms with Crippen molar-refractivity contribution in [2.75, 3.05) is 31.5 Å². The summed E-state index contributed by atoms with van der Waals surface area (Å²) in [5.74, 6) is -2.97. The molecule has 3 aromatic carbocycles. The summed E-state index contributed by atoms with van der Waals surface area (Å²) < 4.78 is 19.4. The summed E-state index contributed by atoms with van der Waals surface area (Å²) in [6.07, 6.45) is 6.87. The Labute approximate surface area is 385 Å². The molecule has 342 valence electrons. The maximum absolute atomic E-state index is 16.3. The van der Waals surface area contributed by atoms with Crippen LogP contribution in [0.2, 0.25) is 10.0 Å². The molecule has 4 atom stereocenters. The normalized spacial score (nSPS) is 27.8. The largest absolute Gasteiger partial charge is 0.352 e. The van der Waals surface area contributed by atoms with Crippen molar-refractivity contribution in [1.29, 1.82) is 0 Å². The molecule has 5 fully saturated rings. The zero-order chi connectivity index (χ0) is 45.4. The number of amides is 5. The number of benzene rings is 3. The highest BCUT2D eigenvalue weighted by molar-refractivity contribution is 6.31. The average Bonchev–Trinajstić information content (AvgIpc) is 3.85. The third-order valence-corrected chi connectivity index (χ3v) is 16.0. The molecule has 0 radical (unpaired) electrons. The molecule has 5 heterocycles. The van der Waals surface area contributed by atoms with Crippen LogP contribution in [0.3, 0.4) is 0 Å². The van der Waals surface area contributed by atoms with Gasteiger partial charge in [-0.1, -0.05) is 66.7 Å². The lowest BCUT2D eigenvalue weighted by atomic mass is 9.55. The topological polar surface area (TPSA) is 167 Å². The Morgan fingerprint density at radius 1 is 0.862 bits per heavy atom. The molecule has 2 spiro atoms. The van der Waals surface area contributed by atoms with Gasteiger partial charge < -0.3 is 15.5 Å². The number of aryl methyl sites for hydroxylation is 1. The molecule has 2 aliphatic carbocycles. The van der Waals surface area contributed by atoms with E-state index in [2.05, 4.69) is 26.2 Å². The van der Waals surface area contributed by atoms with E-state index in [0.29, 0.717) is 98.6 Å². The van der Waals surface area contributed by atoms with Crippen molar-refractivity contribution in [3.8, 4) is 0 Å². The highest BCUT2D eigenvalue weighted by atomic mass is 35.5. The molecule has 5 amide bonds. The molecule has 4 aromatic rings. The van der Waals surface area contributed by atoms with Crippen LogP contribution in [0, 0.1) is 11.7 Å². The molecule has 17 heteroatoms. The van der Waals surface area contributed by atoms with Crippen LogP contribution in [0.1, 0.15) is 99.3 Å². The zero-order valence-corrected chi connectivity index (χ0v) is 37.8. The summed E-state index contributed by atoms with van der Waals surface area (Å²) in [6, 6.07) is 14.0. The van der Waals surface area contributed by atoms with Crippen LogP contribution in [0.25, 0.3) is 11.0 Å². The van der Waals surface area contributed by atoms with E-state index < -0.39 is 40.7 Å². The van der Waals surface area contributed by atoms with Gasteiger partial charge in [-0.2, -0.15) is 0 Å². The minimum absolute atomic E-state index is 0.0759. The maximum Gasteiger partial charge on any atom is 0.329 e. The van der Waals surface area contributed by atoms with Crippen molar-refractivity contribution < 1.29 is 28.4 Å². The van der Waals surface area contributed by atoms with Gasteiger partial charge in [-0.25, -0.2) is 9.18 Å². The Bertz CT molecular complexity index is 2680. The summed E-state index contributed by atoms with van der Waals surface area (Å²) in [5.41, 5.74) is 1.40. The summed E-state index contributed by atoms with van der Waals surface area (Å²) in [5, 5.41) is 12.8. The first kappa shape index (κ1) is 43.8. The van der Waals surface area contributed by atoms with Gasteiger partial charge in [0.05, 0.1) is 22.1 Å². The Morgan fingerprint density at radius 3 is 2.35 bits per heavy atom. The fraction of sp³-hybridized carbons (Fsp3) is 0.500. The van der Waals surface area contributed by atoms with Crippen LogP contribution in [0.4, 0.5) is 10.1 Å². The fourth-order valence-electron chi connectivity index (χ4n) is 12.4. The predicted molar refractivity (Wildman–Crippen MR) is 243 cm³/mol. The van der Waals surface area contributed by atoms with Crippen LogP contribution in [-0.2, 0) is 43.0 Å². The molecular weight excluding hydrogens is 874 g/mol. The second-order valence-corrected chi connectivity index (χ2v) is 19.8. The van der Waals surface area contributed by atoms with Crippen molar-refractivity contribution in [3.63, 3.8) is 0 Å². The number of carbonyl (C=O) groups excluding carboxylic acids is 5. The SMILES string of the molecule is Cn1c(=O)n(C2CCC(=O)NC2=O)c2ccc(CN3CCN(C(=O)[C@H]4CC[C@H](NC(=O)C5NC6(CCCCC6)[C@@]6(C(=O)Nc7cc(Cl)ccc76)[C@H]5c5cccc(Cl)c5F)CC4)CC3)cc21. The number of nitrogens with zero attached hydrogens (tertiary/aromatic N) is 4. The van der Waals surface area contributed by atoms with Gasteiger partial charge in [-0.15, -0.1) is 0 Å². The zero-order valence-electron chi connectivity index (χ0n) is 36.3. The molecule has 1 aromatic heterocycles. The van der Waals surface area contributed by atoms with Crippen LogP contribution in [0.15, 0.2) is 59.4 Å². The van der Waals surface area contributed by atoms with Crippen molar-refractivity contribution in [2.24, 2.45) is 13.0 Å². The molecule has 6 aliphatic rings. The Balaban J connectivity index is 0.791. The van der Waals surface area contributed by atoms with Gasteiger partial charge in [-0.05, 0) is 92.0 Å². The van der Waals surface area contributed by atoms with Crippen molar-refractivity contribution >= 4 is 69.5 Å². The second kappa shape index (κ2) is 17.0. The molecule has 4 aliphatic heterocycles. The van der Waals surface area contributed by atoms with Crippen molar-refractivity contribution in [1.82, 2.24) is 34.9 Å². The number of fused-ring (bicyclic) bond motifs is 4. The molecule has 65 heavy (non-hydrogen) atoms. The first-order valence-corrected chi connectivity index (χ1v) is 23.7. The number of imide groups is 1. The minimum Gasteiger partial charge on any atom is -0.352 e. The number of rotatable bonds is 7. The lowest BCUT2D eigenvalue weighted by molar-refractivity contribution is -0.139. The average molecular weight is 928 g/mol. The number of piperazine rings is 1. The highest BCUT2D eigenvalue weighted by Gasteiger charge is 2.72. The first-order valence-electron chi connectivity index (χ1n) is 23.0. The third kappa shape index (κ3) is 7.28. The van der Waals surface area contributed by atoms with Gasteiger partial charge in [0, 0.05) is 80.3 Å². The number of aromatic nitrogens is 2. The van der Waals surface area contributed by atoms with Crippen LogP contribution >= 0.6 is 23.2 Å². The summed E-state index contributed by atoms with van der Waals surface area (Å²) in [7, 11) is 1.68. The van der Waals surface area contributed by atoms with Gasteiger partial charge in [-0.3, -0.25) is 48.6 Å². The summed E-state index contributed by atoms with van der Waals surface area (Å²) >= 11 is 12.8. The molecule has 14 nitrogen and oxygen atoms in total. The Morgan fingerprint density at radius 2 is 1.62 bits per heavy atom. The maximum atomic E-state index is 16.3. The van der Waals surface area contributed by atoms with Crippen LogP contribution in [-0.4, -0.2) is 92.3 Å². The first-order chi connectivity index (χ1) is 31.3. The van der Waals surface area contributed by atoms with E-state index in [1.807, 2.05) is 29.2 Å².